The summed E-state index contributed by atoms with van der Waals surface area (Å²) in [6.07, 6.45) is -10.1. The first-order valence-corrected chi connectivity index (χ1v) is 9.17. The molecule has 1 fully saturated rings. The number of benzene rings is 2. The molecule has 0 spiro atoms. The Bertz CT molecular complexity index is 1050. The molecule has 168 valence electrons. The van der Waals surface area contributed by atoms with Gasteiger partial charge in [-0.2, -0.15) is 26.3 Å². The van der Waals surface area contributed by atoms with Crippen LogP contribution in [0.25, 0.3) is 0 Å². The van der Waals surface area contributed by atoms with Crippen LogP contribution in [-0.4, -0.2) is 31.6 Å². The molecule has 32 heavy (non-hydrogen) atoms. The van der Waals surface area contributed by atoms with Crippen LogP contribution in [-0.2, 0) is 12.4 Å². The van der Waals surface area contributed by atoms with E-state index in [9.17, 15) is 35.9 Å². The Morgan fingerprint density at radius 3 is 2.09 bits per heavy atom. The molecule has 11 heteroatoms. The fourth-order valence-electron chi connectivity index (χ4n) is 2.90. The molecule has 0 atom stereocenters. The molecule has 2 aromatic carbocycles. The maximum Gasteiger partial charge on any atom is 0.416 e. The number of nitrogens with zero attached hydrogens (tertiary/aromatic N) is 1. The van der Waals surface area contributed by atoms with Crippen LogP contribution in [0.2, 0.25) is 0 Å². The average molecular weight is 455 g/mol. The van der Waals surface area contributed by atoms with Crippen LogP contribution in [0.4, 0.5) is 36.8 Å². The van der Waals surface area contributed by atoms with Gasteiger partial charge in [-0.25, -0.2) is 4.79 Å². The lowest BCUT2D eigenvalue weighted by molar-refractivity contribution is -0.143. The smallest absolute Gasteiger partial charge is 0.341 e. The summed E-state index contributed by atoms with van der Waals surface area (Å²) in [4.78, 5) is 25.2. The second kappa shape index (κ2) is 8.82. The number of rotatable bonds is 3. The van der Waals surface area contributed by atoms with Gasteiger partial charge in [-0.15, -0.1) is 0 Å². The van der Waals surface area contributed by atoms with E-state index in [1.54, 1.807) is 29.2 Å². The number of carbonyl (C=O) groups excluding carboxylic acids is 2. The summed E-state index contributed by atoms with van der Waals surface area (Å²) >= 11 is 0. The minimum absolute atomic E-state index is 0.0496. The van der Waals surface area contributed by atoms with Gasteiger partial charge in [-0.3, -0.25) is 9.69 Å². The summed E-state index contributed by atoms with van der Waals surface area (Å²) in [5.41, 5.74) is -2.71. The largest absolute Gasteiger partial charge is 0.416 e. The number of anilines is 1. The van der Waals surface area contributed by atoms with Crippen molar-refractivity contribution in [2.45, 2.75) is 12.4 Å². The van der Waals surface area contributed by atoms with E-state index >= 15 is 0 Å². The molecule has 3 amide bonds. The third-order valence-electron chi connectivity index (χ3n) is 4.46. The first-order valence-electron chi connectivity index (χ1n) is 9.17. The number of hydrogen-bond acceptors (Lipinski definition) is 2. The molecule has 1 saturated heterocycles. The highest BCUT2D eigenvalue weighted by Crippen LogP contribution is 2.36. The number of amides is 3. The highest BCUT2D eigenvalue weighted by Gasteiger charge is 2.37. The topological polar surface area (TPSA) is 61.4 Å². The third-order valence-corrected chi connectivity index (χ3v) is 4.46. The normalized spacial score (nSPS) is 13.9. The maximum absolute atomic E-state index is 12.9. The van der Waals surface area contributed by atoms with Gasteiger partial charge in [0.05, 0.1) is 17.7 Å². The standard InChI is InChI=1S/C21H15F6N3O2/c22-20(23,24)15-10-14(11-16(12-15)21(25,26)27)18(31)28-7-1-2-13-3-5-17(6-4-13)30-9-8-29-19(30)32/h3-6,10-12H,7-9H2,(H,28,31)(H,29,32). The van der Waals surface area contributed by atoms with Crippen LogP contribution in [0, 0.1) is 11.8 Å². The zero-order chi connectivity index (χ0) is 23.5. The summed E-state index contributed by atoms with van der Waals surface area (Å²) < 4.78 is 77.4. The zero-order valence-electron chi connectivity index (χ0n) is 16.2. The second-order valence-corrected chi connectivity index (χ2v) is 6.71. The van der Waals surface area contributed by atoms with E-state index in [0.29, 0.717) is 36.5 Å². The Balaban J connectivity index is 1.67. The SMILES string of the molecule is O=C(NCC#Cc1ccc(N2CCNC2=O)cc1)c1cc(C(F)(F)F)cc(C(F)(F)F)c1. The molecule has 5 nitrogen and oxygen atoms in total. The number of urea groups is 1. The predicted octanol–water partition coefficient (Wildman–Crippen LogP) is 4.04. The summed E-state index contributed by atoms with van der Waals surface area (Å²) in [6.45, 7) is 0.768. The van der Waals surface area contributed by atoms with Crippen molar-refractivity contribution in [2.75, 3.05) is 24.5 Å². The molecule has 0 saturated carbocycles. The van der Waals surface area contributed by atoms with Gasteiger partial charge in [0.25, 0.3) is 5.91 Å². The van der Waals surface area contributed by atoms with Crippen molar-refractivity contribution in [2.24, 2.45) is 0 Å². The first-order chi connectivity index (χ1) is 14.9. The van der Waals surface area contributed by atoms with Gasteiger partial charge in [-0.05, 0) is 42.5 Å². The van der Waals surface area contributed by atoms with Crippen LogP contribution in [0.5, 0.6) is 0 Å². The molecule has 1 aliphatic rings. The molecule has 3 rings (SSSR count). The summed E-state index contributed by atoms with van der Waals surface area (Å²) in [7, 11) is 0. The predicted molar refractivity (Wildman–Crippen MR) is 103 cm³/mol. The third kappa shape index (κ3) is 5.51. The van der Waals surface area contributed by atoms with E-state index in [1.807, 2.05) is 0 Å². The Labute approximate surface area is 178 Å². The van der Waals surface area contributed by atoms with Crippen LogP contribution < -0.4 is 15.5 Å². The van der Waals surface area contributed by atoms with E-state index in [2.05, 4.69) is 22.5 Å². The number of halogens is 6. The molecule has 0 aliphatic carbocycles. The summed E-state index contributed by atoms with van der Waals surface area (Å²) in [6, 6.07) is 7.07. The molecule has 2 N–H and O–H groups in total. The first kappa shape index (κ1) is 23.0. The van der Waals surface area contributed by atoms with Crippen LogP contribution >= 0.6 is 0 Å². The van der Waals surface area contributed by atoms with Gasteiger partial charge >= 0.3 is 18.4 Å². The second-order valence-electron chi connectivity index (χ2n) is 6.71. The monoisotopic (exact) mass is 455 g/mol. The van der Waals surface area contributed by atoms with Gasteiger partial charge in [0, 0.05) is 29.9 Å². The molecule has 0 unspecified atom stereocenters. The van der Waals surface area contributed by atoms with Crippen molar-refractivity contribution < 1.29 is 35.9 Å². The van der Waals surface area contributed by atoms with Crippen molar-refractivity contribution in [3.05, 3.63) is 64.7 Å². The molecule has 2 aromatic rings. The number of carbonyl (C=O) groups is 2. The average Bonchev–Trinajstić information content (AvgIpc) is 3.15. The molecular formula is C21H15F6N3O2. The lowest BCUT2D eigenvalue weighted by Gasteiger charge is -2.14. The summed E-state index contributed by atoms with van der Waals surface area (Å²) in [5.74, 6) is 4.16. The minimum atomic E-state index is -5.04. The maximum atomic E-state index is 12.9. The van der Waals surface area contributed by atoms with Crippen molar-refractivity contribution in [3.63, 3.8) is 0 Å². The minimum Gasteiger partial charge on any atom is -0.341 e. The summed E-state index contributed by atoms with van der Waals surface area (Å²) in [5, 5.41) is 4.85. The lowest BCUT2D eigenvalue weighted by Crippen LogP contribution is -2.27. The van der Waals surface area contributed by atoms with Gasteiger partial charge in [0.15, 0.2) is 0 Å². The fourth-order valence-corrected chi connectivity index (χ4v) is 2.90. The van der Waals surface area contributed by atoms with E-state index in [1.165, 1.54) is 0 Å². The van der Waals surface area contributed by atoms with Crippen LogP contribution in [0.15, 0.2) is 42.5 Å². The van der Waals surface area contributed by atoms with Gasteiger partial charge in [0.1, 0.15) is 0 Å². The molecule has 1 aliphatic heterocycles. The van der Waals surface area contributed by atoms with E-state index in [4.69, 9.17) is 0 Å². The van der Waals surface area contributed by atoms with Gasteiger partial charge in [-0.1, -0.05) is 11.8 Å². The Morgan fingerprint density at radius 2 is 1.59 bits per heavy atom. The van der Waals surface area contributed by atoms with Crippen molar-refractivity contribution >= 4 is 17.6 Å². The molecule has 0 bridgehead atoms. The zero-order valence-corrected chi connectivity index (χ0v) is 16.2. The van der Waals surface area contributed by atoms with Gasteiger partial charge in [0.2, 0.25) is 0 Å². The fraction of sp³-hybridized carbons (Fsp3) is 0.238. The molecule has 0 aromatic heterocycles. The number of alkyl halides is 6. The van der Waals surface area contributed by atoms with Crippen LogP contribution in [0.1, 0.15) is 27.0 Å². The highest BCUT2D eigenvalue weighted by atomic mass is 19.4. The molecule has 0 radical (unpaired) electrons. The van der Waals surface area contributed by atoms with Crippen molar-refractivity contribution in [3.8, 4) is 11.8 Å². The lowest BCUT2D eigenvalue weighted by atomic mass is 10.0. The highest BCUT2D eigenvalue weighted by molar-refractivity contribution is 5.95. The molecule has 1 heterocycles. The van der Waals surface area contributed by atoms with Crippen LogP contribution in [0.3, 0.4) is 0 Å². The molecular weight excluding hydrogens is 440 g/mol. The quantitative estimate of drug-likeness (QED) is 0.542. The van der Waals surface area contributed by atoms with E-state index in [-0.39, 0.29) is 18.6 Å². The Morgan fingerprint density at radius 1 is 1.00 bits per heavy atom. The number of nitrogens with one attached hydrogen (secondary N) is 2. The van der Waals surface area contributed by atoms with E-state index in [0.717, 1.165) is 0 Å². The van der Waals surface area contributed by atoms with E-state index < -0.39 is 35.0 Å². The number of hydrogen-bond donors (Lipinski definition) is 2. The Hall–Kier alpha value is -3.68. The Kier molecular flexibility index (Phi) is 6.34. The van der Waals surface area contributed by atoms with Crippen molar-refractivity contribution in [1.29, 1.82) is 0 Å². The van der Waals surface area contributed by atoms with Gasteiger partial charge < -0.3 is 10.6 Å². The van der Waals surface area contributed by atoms with Crippen molar-refractivity contribution in [1.82, 2.24) is 10.6 Å².